The van der Waals surface area contributed by atoms with E-state index in [9.17, 15) is 14.3 Å². The second-order valence-corrected chi connectivity index (χ2v) is 8.93. The van der Waals surface area contributed by atoms with Crippen molar-refractivity contribution in [1.82, 2.24) is 14.8 Å². The van der Waals surface area contributed by atoms with Crippen LogP contribution in [0.3, 0.4) is 0 Å². The lowest BCUT2D eigenvalue weighted by Crippen LogP contribution is -2.42. The Kier molecular flexibility index (Phi) is 5.02. The van der Waals surface area contributed by atoms with Crippen molar-refractivity contribution in [2.75, 3.05) is 12.8 Å². The van der Waals surface area contributed by atoms with E-state index >= 15 is 0 Å². The Morgan fingerprint density at radius 1 is 1.21 bits per heavy atom. The van der Waals surface area contributed by atoms with Crippen molar-refractivity contribution in [2.24, 2.45) is 5.73 Å². The minimum atomic E-state index is -0.785. The van der Waals surface area contributed by atoms with Gasteiger partial charge in [-0.25, -0.2) is 14.1 Å². The number of aliphatic hydroxyl groups is 1. The van der Waals surface area contributed by atoms with E-state index in [2.05, 4.69) is 5.10 Å². The summed E-state index contributed by atoms with van der Waals surface area (Å²) < 4.78 is 20.9. The fraction of sp³-hybridized carbons (Fsp3) is 0.240. The number of primary amides is 1. The molecule has 34 heavy (non-hydrogen) atoms. The van der Waals surface area contributed by atoms with Crippen LogP contribution >= 0.6 is 0 Å². The molecule has 0 unspecified atom stereocenters. The summed E-state index contributed by atoms with van der Waals surface area (Å²) in [5.41, 5.74) is 13.9. The predicted molar refractivity (Wildman–Crippen MR) is 127 cm³/mol. The van der Waals surface area contributed by atoms with E-state index in [1.165, 1.54) is 12.1 Å². The molecule has 1 saturated carbocycles. The Morgan fingerprint density at radius 3 is 2.62 bits per heavy atom. The zero-order valence-corrected chi connectivity index (χ0v) is 18.7. The van der Waals surface area contributed by atoms with Gasteiger partial charge in [0.25, 0.3) is 5.91 Å². The molecule has 4 aromatic rings. The van der Waals surface area contributed by atoms with Gasteiger partial charge in [-0.2, -0.15) is 5.10 Å². The van der Waals surface area contributed by atoms with E-state index in [4.69, 9.17) is 21.2 Å². The maximum absolute atomic E-state index is 13.8. The molecule has 5 N–H and O–H groups in total. The average Bonchev–Trinajstić information content (AvgIpc) is 3.13. The number of halogens is 1. The molecule has 8 nitrogen and oxygen atoms in total. The van der Waals surface area contributed by atoms with Crippen LogP contribution in [0, 0.1) is 5.82 Å². The van der Waals surface area contributed by atoms with Crippen molar-refractivity contribution < 1.29 is 19.0 Å². The second-order valence-electron chi connectivity index (χ2n) is 8.93. The van der Waals surface area contributed by atoms with Crippen molar-refractivity contribution in [2.45, 2.75) is 31.4 Å². The molecular formula is C25H24FN5O3. The van der Waals surface area contributed by atoms with Crippen molar-refractivity contribution in [3.8, 4) is 28.3 Å². The standard InChI is InChI=1S/C25H24FN5O3/c1-25(33)11-16(12-25)31-23(27)21(24(28)32)22(30-31)14-6-7-17-19(9-14)29-18(10-20(17)34-2)13-4-3-5-15(26)8-13/h3-10,16,33H,11-12,27H2,1-2H3,(H2,28,32). The molecule has 1 fully saturated rings. The number of fused-ring (bicyclic) bond motifs is 1. The molecule has 1 aliphatic carbocycles. The Bertz CT molecular complexity index is 1440. The molecule has 2 heterocycles. The molecule has 1 amide bonds. The number of nitrogen functional groups attached to an aromatic ring is 1. The highest BCUT2D eigenvalue weighted by Crippen LogP contribution is 2.43. The van der Waals surface area contributed by atoms with Gasteiger partial charge < -0.3 is 21.3 Å². The zero-order chi connectivity index (χ0) is 24.2. The van der Waals surface area contributed by atoms with Crippen LogP contribution in [0.2, 0.25) is 0 Å². The lowest BCUT2D eigenvalue weighted by molar-refractivity contribution is -0.0535. The lowest BCUT2D eigenvalue weighted by atomic mass is 9.77. The lowest BCUT2D eigenvalue weighted by Gasteiger charge is -2.41. The third-order valence-corrected chi connectivity index (χ3v) is 6.28. The highest BCUT2D eigenvalue weighted by Gasteiger charge is 2.41. The van der Waals surface area contributed by atoms with Crippen LogP contribution in [0.25, 0.3) is 33.4 Å². The number of carbonyl (C=O) groups excluding carboxylic acids is 1. The van der Waals surface area contributed by atoms with Crippen molar-refractivity contribution in [3.63, 3.8) is 0 Å². The fourth-order valence-corrected chi connectivity index (χ4v) is 4.61. The molecule has 1 aliphatic rings. The van der Waals surface area contributed by atoms with Gasteiger partial charge in [-0.3, -0.25) is 4.79 Å². The number of aromatic nitrogens is 3. The Hall–Kier alpha value is -3.98. The molecule has 9 heteroatoms. The maximum atomic E-state index is 13.8. The molecular weight excluding hydrogens is 437 g/mol. The van der Waals surface area contributed by atoms with E-state index in [1.54, 1.807) is 49.0 Å². The first kappa shape index (κ1) is 21.8. The van der Waals surface area contributed by atoms with Gasteiger partial charge >= 0.3 is 0 Å². The second kappa shape index (κ2) is 7.81. The molecule has 2 aromatic heterocycles. The number of hydrogen-bond acceptors (Lipinski definition) is 6. The molecule has 0 saturated heterocycles. The SMILES string of the molecule is COc1cc(-c2cccc(F)c2)nc2cc(-c3nn(C4CC(C)(O)C4)c(N)c3C(N)=O)ccc12. The summed E-state index contributed by atoms with van der Waals surface area (Å²) in [7, 11) is 1.55. The number of amides is 1. The summed E-state index contributed by atoms with van der Waals surface area (Å²) in [6, 6.07) is 13.2. The number of nitrogens with zero attached hydrogens (tertiary/aromatic N) is 3. The normalized spacial score (nSPS) is 19.7. The first-order valence-electron chi connectivity index (χ1n) is 10.8. The van der Waals surface area contributed by atoms with E-state index in [-0.39, 0.29) is 23.2 Å². The summed E-state index contributed by atoms with van der Waals surface area (Å²) in [4.78, 5) is 17.0. The molecule has 5 rings (SSSR count). The van der Waals surface area contributed by atoms with Crippen LogP contribution in [0.4, 0.5) is 10.2 Å². The number of benzene rings is 2. The van der Waals surface area contributed by atoms with Gasteiger partial charge in [0.2, 0.25) is 0 Å². The third-order valence-electron chi connectivity index (χ3n) is 6.28. The Balaban J connectivity index is 1.65. The zero-order valence-electron chi connectivity index (χ0n) is 18.7. The summed E-state index contributed by atoms with van der Waals surface area (Å²) in [6.45, 7) is 1.75. The summed E-state index contributed by atoms with van der Waals surface area (Å²) in [5.74, 6) is -0.312. The molecule has 0 aliphatic heterocycles. The van der Waals surface area contributed by atoms with Crippen LogP contribution in [-0.2, 0) is 0 Å². The number of ether oxygens (including phenoxy) is 1. The number of carbonyl (C=O) groups is 1. The number of hydrogen-bond donors (Lipinski definition) is 3. The van der Waals surface area contributed by atoms with Crippen LogP contribution in [0.1, 0.15) is 36.2 Å². The van der Waals surface area contributed by atoms with Gasteiger partial charge in [-0.15, -0.1) is 0 Å². The fourth-order valence-electron chi connectivity index (χ4n) is 4.61. The van der Waals surface area contributed by atoms with Crippen molar-refractivity contribution in [3.05, 3.63) is 59.9 Å². The number of rotatable bonds is 5. The topological polar surface area (TPSA) is 129 Å². The number of methoxy groups -OCH3 is 1. The van der Waals surface area contributed by atoms with E-state index in [1.807, 2.05) is 6.07 Å². The molecule has 0 atom stereocenters. The van der Waals surface area contributed by atoms with Crippen LogP contribution in [-0.4, -0.2) is 38.5 Å². The number of nitrogens with two attached hydrogens (primary N) is 2. The largest absolute Gasteiger partial charge is 0.496 e. The van der Waals surface area contributed by atoms with Gasteiger partial charge in [0.15, 0.2) is 0 Å². The molecule has 2 aromatic carbocycles. The summed E-state index contributed by atoms with van der Waals surface area (Å²) >= 11 is 0. The minimum absolute atomic E-state index is 0.124. The summed E-state index contributed by atoms with van der Waals surface area (Å²) in [6.07, 6.45) is 0.952. The predicted octanol–water partition coefficient (Wildman–Crippen LogP) is 3.68. The highest BCUT2D eigenvalue weighted by molar-refractivity contribution is 6.04. The minimum Gasteiger partial charge on any atom is -0.496 e. The molecule has 0 bridgehead atoms. The van der Waals surface area contributed by atoms with E-state index in [0.29, 0.717) is 46.6 Å². The van der Waals surface area contributed by atoms with Gasteiger partial charge in [0.05, 0.1) is 30.0 Å². The maximum Gasteiger partial charge on any atom is 0.254 e. The molecule has 174 valence electrons. The Morgan fingerprint density at radius 2 is 1.97 bits per heavy atom. The average molecular weight is 461 g/mol. The number of pyridine rings is 1. The Labute approximate surface area is 195 Å². The molecule has 0 spiro atoms. The smallest absolute Gasteiger partial charge is 0.254 e. The van der Waals surface area contributed by atoms with Crippen LogP contribution in [0.5, 0.6) is 5.75 Å². The van der Waals surface area contributed by atoms with Gasteiger partial charge in [-0.1, -0.05) is 18.2 Å². The van der Waals surface area contributed by atoms with Gasteiger partial charge in [0, 0.05) is 22.6 Å². The molecule has 0 radical (unpaired) electrons. The highest BCUT2D eigenvalue weighted by atomic mass is 19.1. The van der Waals surface area contributed by atoms with Gasteiger partial charge in [-0.05, 0) is 44.0 Å². The summed E-state index contributed by atoms with van der Waals surface area (Å²) in [5, 5.41) is 15.5. The van der Waals surface area contributed by atoms with Crippen LogP contribution < -0.4 is 16.2 Å². The quantitative estimate of drug-likeness (QED) is 0.416. The van der Waals surface area contributed by atoms with Crippen molar-refractivity contribution >= 4 is 22.6 Å². The third kappa shape index (κ3) is 3.63. The van der Waals surface area contributed by atoms with Crippen molar-refractivity contribution in [1.29, 1.82) is 0 Å². The van der Waals surface area contributed by atoms with E-state index in [0.717, 1.165) is 5.39 Å². The van der Waals surface area contributed by atoms with Gasteiger partial charge in [0.1, 0.15) is 28.6 Å². The monoisotopic (exact) mass is 461 g/mol. The van der Waals surface area contributed by atoms with Crippen LogP contribution in [0.15, 0.2) is 48.5 Å². The first-order chi connectivity index (χ1) is 16.2. The first-order valence-corrected chi connectivity index (χ1v) is 10.8. The van der Waals surface area contributed by atoms with E-state index < -0.39 is 11.5 Å². The number of anilines is 1.